The maximum absolute atomic E-state index is 13.1. The van der Waals surface area contributed by atoms with Gasteiger partial charge in [0.25, 0.3) is 0 Å². The molecule has 1 amide bonds. The van der Waals surface area contributed by atoms with Crippen molar-refractivity contribution in [1.82, 2.24) is 4.90 Å². The molecule has 4 N–H and O–H groups in total. The third-order valence-corrected chi connectivity index (χ3v) is 8.23. The van der Waals surface area contributed by atoms with E-state index in [4.69, 9.17) is 8.94 Å². The van der Waals surface area contributed by atoms with Crippen LogP contribution in [0.4, 0.5) is 0 Å². The molecule has 3 atom stereocenters. The number of carbonyl (C=O) groups is 2. The van der Waals surface area contributed by atoms with Crippen molar-refractivity contribution in [3.63, 3.8) is 0 Å². The van der Waals surface area contributed by atoms with Crippen molar-refractivity contribution in [2.45, 2.75) is 31.4 Å². The summed E-state index contributed by atoms with van der Waals surface area (Å²) in [6.07, 6.45) is -0.776. The van der Waals surface area contributed by atoms with Crippen LogP contribution in [-0.2, 0) is 24.8 Å². The summed E-state index contributed by atoms with van der Waals surface area (Å²) in [5, 5.41) is 30.6. The number of nitrogens with zero attached hydrogens (tertiary/aromatic N) is 1. The molecule has 3 unspecified atom stereocenters. The third kappa shape index (κ3) is 5.94. The van der Waals surface area contributed by atoms with Gasteiger partial charge >= 0.3 is 13.8 Å². The number of hydrogen-bond donors (Lipinski definition) is 4. The minimum Gasteiger partial charge on any atom is -0.508 e. The average Bonchev–Trinajstić information content (AvgIpc) is 3.34. The first-order valence-electron chi connectivity index (χ1n) is 13.0. The van der Waals surface area contributed by atoms with Crippen molar-refractivity contribution >= 4 is 30.7 Å². The number of aliphatic hydroxyl groups is 1. The number of rotatable bonds is 9. The van der Waals surface area contributed by atoms with E-state index in [2.05, 4.69) is 4.52 Å². The Kier molecular flexibility index (Phi) is 8.18. The van der Waals surface area contributed by atoms with Crippen LogP contribution >= 0.6 is 7.82 Å². The van der Waals surface area contributed by atoms with E-state index in [0.717, 1.165) is 7.11 Å². The average molecular weight is 598 g/mol. The molecular weight excluding hydrogens is 569 g/mol. The van der Waals surface area contributed by atoms with Crippen molar-refractivity contribution in [1.29, 1.82) is 0 Å². The number of aromatic hydroxyl groups is 1. The second kappa shape index (κ2) is 11.7. The second-order valence-corrected chi connectivity index (χ2v) is 11.6. The number of aromatic carboxylic acids is 1. The zero-order chi connectivity index (χ0) is 30.2. The molecule has 1 fully saturated rings. The molecule has 2 heterocycles. The summed E-state index contributed by atoms with van der Waals surface area (Å²) in [7, 11) is -3.26. The molecule has 0 bridgehead atoms. The number of phosphoric acid groups is 1. The molecule has 13 heteroatoms. The summed E-state index contributed by atoms with van der Waals surface area (Å²) in [6.45, 7) is -0.310. The van der Waals surface area contributed by atoms with Crippen LogP contribution in [0.1, 0.15) is 28.8 Å². The smallest absolute Gasteiger partial charge is 0.471 e. The Morgan fingerprint density at radius 1 is 1.12 bits per heavy atom. The quantitative estimate of drug-likeness (QED) is 0.163. The zero-order valence-corrected chi connectivity index (χ0v) is 23.3. The predicted molar refractivity (Wildman–Crippen MR) is 150 cm³/mol. The number of amides is 1. The molecule has 1 saturated heterocycles. The van der Waals surface area contributed by atoms with Crippen LogP contribution < -0.4 is 5.43 Å². The Labute approximate surface area is 239 Å². The van der Waals surface area contributed by atoms with Crippen molar-refractivity contribution in [3.05, 3.63) is 75.9 Å². The fourth-order valence-corrected chi connectivity index (χ4v) is 5.76. The lowest BCUT2D eigenvalue weighted by Gasteiger charge is -2.25. The molecular formula is C29H28NO11P. The van der Waals surface area contributed by atoms with E-state index in [-0.39, 0.29) is 66.5 Å². The Hall–Kier alpha value is -4.06. The summed E-state index contributed by atoms with van der Waals surface area (Å²) in [6, 6.07) is 13.0. The molecule has 0 saturated carbocycles. The van der Waals surface area contributed by atoms with Gasteiger partial charge in [0.05, 0.1) is 24.3 Å². The van der Waals surface area contributed by atoms with Crippen molar-refractivity contribution < 1.29 is 47.8 Å². The number of hydrogen-bond acceptors (Lipinski definition) is 9. The summed E-state index contributed by atoms with van der Waals surface area (Å²) in [5.41, 5.74) is 1.48. The second-order valence-electron chi connectivity index (χ2n) is 10.0. The van der Waals surface area contributed by atoms with Gasteiger partial charge in [0.1, 0.15) is 17.1 Å². The first kappa shape index (κ1) is 29.4. The van der Waals surface area contributed by atoms with E-state index in [9.17, 15) is 39.2 Å². The lowest BCUT2D eigenvalue weighted by Crippen LogP contribution is -2.38. The molecule has 12 nitrogen and oxygen atoms in total. The molecule has 2 aromatic rings. The van der Waals surface area contributed by atoms with Gasteiger partial charge in [-0.15, -0.1) is 0 Å². The van der Waals surface area contributed by atoms with Crippen LogP contribution in [0.25, 0.3) is 33.4 Å². The highest BCUT2D eigenvalue weighted by Crippen LogP contribution is 2.43. The Bertz CT molecular complexity index is 1750. The van der Waals surface area contributed by atoms with E-state index < -0.39 is 31.4 Å². The topological polar surface area (TPSA) is 184 Å². The minimum absolute atomic E-state index is 0.00532. The van der Waals surface area contributed by atoms with Gasteiger partial charge in [-0.1, -0.05) is 18.2 Å². The minimum atomic E-state index is -4.28. The summed E-state index contributed by atoms with van der Waals surface area (Å²) in [4.78, 5) is 49.2. The number of fused-ring (bicyclic) bond motifs is 2. The highest BCUT2D eigenvalue weighted by Gasteiger charge is 2.36. The monoisotopic (exact) mass is 597 g/mol. The van der Waals surface area contributed by atoms with Gasteiger partial charge in [-0.25, -0.2) is 9.36 Å². The number of phenols is 1. The van der Waals surface area contributed by atoms with Gasteiger partial charge in [0.2, 0.25) is 5.91 Å². The molecule has 2 aromatic carbocycles. The Balaban J connectivity index is 1.51. The normalized spacial score (nSPS) is 18.4. The fraction of sp³-hybridized carbons (Fsp3) is 0.276. The number of carboxylic acid groups (broad SMARTS) is 1. The van der Waals surface area contributed by atoms with Gasteiger partial charge < -0.3 is 29.5 Å². The van der Waals surface area contributed by atoms with E-state index >= 15 is 0 Å². The van der Waals surface area contributed by atoms with Gasteiger partial charge in [0.15, 0.2) is 5.43 Å². The van der Waals surface area contributed by atoms with E-state index in [1.54, 1.807) is 30.3 Å². The number of phosphoric ester groups is 1. The fourth-order valence-electron chi connectivity index (χ4n) is 5.30. The van der Waals surface area contributed by atoms with Crippen LogP contribution in [0.3, 0.4) is 0 Å². The Morgan fingerprint density at radius 2 is 1.88 bits per heavy atom. The predicted octanol–water partition coefficient (Wildman–Crippen LogP) is 3.63. The van der Waals surface area contributed by atoms with Crippen LogP contribution in [0, 0.1) is 0 Å². The van der Waals surface area contributed by atoms with Crippen molar-refractivity contribution in [2.24, 2.45) is 0 Å². The number of β-amino-alcohol motifs (C(OH)–C–C–N with tert-alkyl or cyclic N) is 1. The number of phenolic OH excluding ortho intramolecular Hbond substituents is 1. The van der Waals surface area contributed by atoms with Crippen LogP contribution in [-0.4, -0.2) is 69.4 Å². The van der Waals surface area contributed by atoms with Gasteiger partial charge in [-0.3, -0.25) is 18.6 Å². The largest absolute Gasteiger partial charge is 0.508 e. The first-order valence-corrected chi connectivity index (χ1v) is 14.5. The molecule has 3 aliphatic rings. The van der Waals surface area contributed by atoms with E-state index in [1.807, 2.05) is 0 Å². The lowest BCUT2D eigenvalue weighted by atomic mass is 9.89. The van der Waals surface area contributed by atoms with Gasteiger partial charge in [-0.05, 0) is 42.7 Å². The van der Waals surface area contributed by atoms with Crippen LogP contribution in [0.15, 0.2) is 63.8 Å². The van der Waals surface area contributed by atoms with Crippen molar-refractivity contribution in [3.8, 4) is 28.2 Å². The van der Waals surface area contributed by atoms with Crippen molar-refractivity contribution in [2.75, 3.05) is 20.3 Å². The maximum Gasteiger partial charge on any atom is 0.471 e. The molecule has 42 heavy (non-hydrogen) atoms. The number of aliphatic hydroxyl groups excluding tert-OH is 1. The standard InChI is InChI=1S/C29H28NO11P/c1-39-42(37,38)40-15-17-11-19(32)14-30(17)27(34)9-6-16-10-23-26(13-24(16)33)41-25-12-18(31)7-8-22(25)28(23)20-4-2-3-5-21(20)29(35)36/h2-5,7-8,10,12-13,17,19,31-32H,6,9,11,14-15H2,1H3,(H,35,36)(H,37,38). The zero-order valence-electron chi connectivity index (χ0n) is 22.4. The molecule has 220 valence electrons. The SMILES string of the molecule is COP(=O)(O)OCC1CC(O)CN1C(=O)CCc1cc2c(-c3ccccc3C(=O)O)c3ccc(O)cc3oc-2cc1=O. The third-order valence-electron chi connectivity index (χ3n) is 7.30. The van der Waals surface area contributed by atoms with Gasteiger partial charge in [-0.2, -0.15) is 0 Å². The van der Waals surface area contributed by atoms with Crippen LogP contribution in [0.2, 0.25) is 0 Å². The molecule has 1 aliphatic carbocycles. The number of aryl methyl sites for hydroxylation is 1. The highest BCUT2D eigenvalue weighted by atomic mass is 31.2. The molecule has 0 radical (unpaired) electrons. The first-order chi connectivity index (χ1) is 20.0. The number of benzene rings is 3. The van der Waals surface area contributed by atoms with Crippen LogP contribution in [0.5, 0.6) is 5.75 Å². The Morgan fingerprint density at radius 3 is 2.62 bits per heavy atom. The maximum atomic E-state index is 13.1. The highest BCUT2D eigenvalue weighted by molar-refractivity contribution is 7.47. The van der Waals surface area contributed by atoms with E-state index in [1.165, 1.54) is 29.2 Å². The summed E-state index contributed by atoms with van der Waals surface area (Å²) < 4.78 is 27.0. The summed E-state index contributed by atoms with van der Waals surface area (Å²) >= 11 is 0. The van der Waals surface area contributed by atoms with E-state index in [0.29, 0.717) is 22.1 Å². The molecule has 5 rings (SSSR count). The molecule has 2 aliphatic heterocycles. The number of carbonyl (C=O) groups excluding carboxylic acids is 1. The van der Waals surface area contributed by atoms with Gasteiger partial charge in [0, 0.05) is 54.3 Å². The number of likely N-dealkylation sites (tertiary alicyclic amines) is 1. The lowest BCUT2D eigenvalue weighted by molar-refractivity contribution is -0.132. The number of carboxylic acids is 1. The molecule has 0 aromatic heterocycles. The molecule has 0 spiro atoms. The summed E-state index contributed by atoms with van der Waals surface area (Å²) in [5.74, 6) is -1.43.